The molecule has 0 unspecified atom stereocenters. The molecule has 2 N–H and O–H groups in total. The van der Waals surface area contributed by atoms with Crippen molar-refractivity contribution in [2.24, 2.45) is 0 Å². The lowest BCUT2D eigenvalue weighted by Crippen LogP contribution is -1.97. The van der Waals surface area contributed by atoms with Crippen LogP contribution in [0.4, 0.5) is 0 Å². The Labute approximate surface area is 174 Å². The van der Waals surface area contributed by atoms with Crippen LogP contribution in [-0.4, -0.2) is 22.0 Å². The predicted molar refractivity (Wildman–Crippen MR) is 115 cm³/mol. The summed E-state index contributed by atoms with van der Waals surface area (Å²) in [6.07, 6.45) is 0.728. The Balaban J connectivity index is 1.69. The maximum Gasteiger partial charge on any atom is 0.335 e. The number of ketones is 1. The molecule has 0 bridgehead atoms. The van der Waals surface area contributed by atoms with Gasteiger partial charge in [-0.15, -0.1) is 11.8 Å². The molecular weight excluding hydrogens is 384 g/mol. The molecule has 0 radical (unpaired) electrons. The van der Waals surface area contributed by atoms with E-state index >= 15 is 0 Å². The van der Waals surface area contributed by atoms with Gasteiger partial charge in [-0.25, -0.2) is 4.79 Å². The van der Waals surface area contributed by atoms with Crippen molar-refractivity contribution in [3.8, 4) is 5.75 Å². The zero-order valence-corrected chi connectivity index (χ0v) is 17.1. The van der Waals surface area contributed by atoms with Gasteiger partial charge in [-0.2, -0.15) is 0 Å². The van der Waals surface area contributed by atoms with Crippen LogP contribution in [-0.2, 0) is 12.2 Å². The van der Waals surface area contributed by atoms with Gasteiger partial charge in [0.25, 0.3) is 0 Å². The summed E-state index contributed by atoms with van der Waals surface area (Å²) in [5.74, 6) is -0.272. The van der Waals surface area contributed by atoms with E-state index in [9.17, 15) is 14.7 Å². The van der Waals surface area contributed by atoms with E-state index in [0.717, 1.165) is 39.3 Å². The molecule has 0 aliphatic rings. The number of phenols is 1. The molecule has 0 aliphatic carbocycles. The Morgan fingerprint density at radius 2 is 1.62 bits per heavy atom. The highest BCUT2D eigenvalue weighted by Gasteiger charge is 2.12. The fourth-order valence-electron chi connectivity index (χ4n) is 3.11. The van der Waals surface area contributed by atoms with Crippen molar-refractivity contribution in [2.75, 3.05) is 0 Å². The molecule has 3 aromatic carbocycles. The van der Waals surface area contributed by atoms with Gasteiger partial charge >= 0.3 is 5.97 Å². The number of aromatic carboxylic acids is 1. The molecule has 5 heteroatoms. The van der Waals surface area contributed by atoms with Crippen molar-refractivity contribution in [2.45, 2.75) is 30.9 Å². The van der Waals surface area contributed by atoms with Crippen LogP contribution in [0.25, 0.3) is 0 Å². The van der Waals surface area contributed by atoms with Gasteiger partial charge in [0.05, 0.1) is 11.1 Å². The third-order valence-corrected chi connectivity index (χ3v) is 5.99. The average Bonchev–Trinajstić information content (AvgIpc) is 2.69. The van der Waals surface area contributed by atoms with Crippen molar-refractivity contribution in [3.63, 3.8) is 0 Å². The van der Waals surface area contributed by atoms with Gasteiger partial charge in [-0.3, -0.25) is 4.79 Å². The maximum atomic E-state index is 11.6. The number of benzene rings is 3. The Bertz CT molecular complexity index is 1050. The Morgan fingerprint density at radius 3 is 2.28 bits per heavy atom. The van der Waals surface area contributed by atoms with E-state index in [1.165, 1.54) is 6.92 Å². The van der Waals surface area contributed by atoms with Crippen LogP contribution in [0.3, 0.4) is 0 Å². The summed E-state index contributed by atoms with van der Waals surface area (Å²) >= 11 is 1.62. The number of carbonyl (C=O) groups excluding carboxylic acids is 1. The maximum absolute atomic E-state index is 11.6. The van der Waals surface area contributed by atoms with Gasteiger partial charge in [0, 0.05) is 16.2 Å². The van der Waals surface area contributed by atoms with Crippen LogP contribution in [0.1, 0.15) is 49.9 Å². The van der Waals surface area contributed by atoms with Gasteiger partial charge < -0.3 is 10.2 Å². The number of carbonyl (C=O) groups is 2. The van der Waals surface area contributed by atoms with Gasteiger partial charge in [0.1, 0.15) is 5.75 Å². The number of carboxylic acids is 1. The summed E-state index contributed by atoms with van der Waals surface area (Å²) in [6, 6.07) is 18.7. The molecule has 0 fully saturated rings. The number of hydrogen-bond donors (Lipinski definition) is 2. The minimum Gasteiger partial charge on any atom is -0.507 e. The molecule has 0 atom stereocenters. The average molecular weight is 407 g/mol. The van der Waals surface area contributed by atoms with E-state index in [-0.39, 0.29) is 17.1 Å². The lowest BCUT2D eigenvalue weighted by Gasteiger charge is -2.11. The molecule has 29 heavy (non-hydrogen) atoms. The lowest BCUT2D eigenvalue weighted by atomic mass is 10.0. The fraction of sp³-hybridized carbons (Fsp3) is 0.167. The molecule has 3 rings (SSSR count). The van der Waals surface area contributed by atoms with E-state index in [2.05, 4.69) is 18.2 Å². The van der Waals surface area contributed by atoms with E-state index in [0.29, 0.717) is 5.56 Å². The Hall–Kier alpha value is -3.05. The largest absolute Gasteiger partial charge is 0.507 e. The number of carboxylic acid groups (broad SMARTS) is 1. The zero-order chi connectivity index (χ0) is 21.0. The second kappa shape index (κ2) is 8.97. The van der Waals surface area contributed by atoms with Crippen LogP contribution >= 0.6 is 11.8 Å². The highest BCUT2D eigenvalue weighted by molar-refractivity contribution is 7.98. The predicted octanol–water partition coefficient (Wildman–Crippen LogP) is 5.48. The summed E-state index contributed by atoms with van der Waals surface area (Å²) in [5.41, 5.74) is 4.72. The molecule has 4 nitrogen and oxygen atoms in total. The summed E-state index contributed by atoms with van der Waals surface area (Å²) in [6.45, 7) is 3.27. The molecule has 0 aliphatic heterocycles. The number of thioether (sulfide) groups is 1. The molecule has 148 valence electrons. The first kappa shape index (κ1) is 20.7. The molecule has 3 aromatic rings. The van der Waals surface area contributed by atoms with Gasteiger partial charge in [-0.05, 0) is 61.2 Å². The first-order valence-corrected chi connectivity index (χ1v) is 10.2. The molecule has 0 saturated carbocycles. The van der Waals surface area contributed by atoms with Crippen LogP contribution < -0.4 is 0 Å². The van der Waals surface area contributed by atoms with Gasteiger partial charge in [0.2, 0.25) is 0 Å². The number of Topliss-reactive ketones (excluding diaryl/α,β-unsaturated/α-hetero) is 1. The fourth-order valence-corrected chi connectivity index (χ4v) is 4.09. The van der Waals surface area contributed by atoms with Crippen molar-refractivity contribution in [3.05, 3.63) is 94.0 Å². The van der Waals surface area contributed by atoms with Crippen LogP contribution in [0.5, 0.6) is 5.75 Å². The second-order valence-electron chi connectivity index (χ2n) is 6.93. The topological polar surface area (TPSA) is 74.6 Å². The molecule has 0 spiro atoms. The molecule has 0 aromatic heterocycles. The van der Waals surface area contributed by atoms with Crippen molar-refractivity contribution in [1.82, 2.24) is 0 Å². The monoisotopic (exact) mass is 406 g/mol. The van der Waals surface area contributed by atoms with Crippen LogP contribution in [0.15, 0.2) is 65.6 Å². The molecular formula is C24H22O4S. The standard InChI is InChI=1S/C24H22O4S/c1-15-22(11-10-21(16(2)25)23(15)26)29-14-19-5-3-4-18(13-19)12-17-6-8-20(9-7-17)24(27)28/h3-11,13,26H,12,14H2,1-2H3,(H,27,28). The smallest absolute Gasteiger partial charge is 0.335 e. The van der Waals surface area contributed by atoms with Gasteiger partial charge in [-0.1, -0.05) is 36.4 Å². The molecule has 0 saturated heterocycles. The SMILES string of the molecule is CC(=O)c1ccc(SCc2cccc(Cc3ccc(C(=O)O)cc3)c2)c(C)c1O. The summed E-state index contributed by atoms with van der Waals surface area (Å²) in [4.78, 5) is 23.5. The third-order valence-electron chi connectivity index (χ3n) is 4.76. The van der Waals surface area contributed by atoms with E-state index in [1.54, 1.807) is 30.0 Å². The Morgan fingerprint density at radius 1 is 0.931 bits per heavy atom. The summed E-state index contributed by atoms with van der Waals surface area (Å²) < 4.78 is 0. The first-order chi connectivity index (χ1) is 13.8. The zero-order valence-electron chi connectivity index (χ0n) is 16.3. The van der Waals surface area contributed by atoms with Crippen molar-refractivity contribution in [1.29, 1.82) is 0 Å². The van der Waals surface area contributed by atoms with E-state index < -0.39 is 5.97 Å². The summed E-state index contributed by atoms with van der Waals surface area (Å²) in [7, 11) is 0. The highest BCUT2D eigenvalue weighted by Crippen LogP contribution is 2.33. The first-order valence-electron chi connectivity index (χ1n) is 9.21. The number of hydrogen-bond acceptors (Lipinski definition) is 4. The number of phenolic OH excluding ortho intramolecular Hbond substituents is 1. The summed E-state index contributed by atoms with van der Waals surface area (Å²) in [5, 5.41) is 19.2. The van der Waals surface area contributed by atoms with Gasteiger partial charge in [0.15, 0.2) is 5.78 Å². The third kappa shape index (κ3) is 5.06. The van der Waals surface area contributed by atoms with Crippen LogP contribution in [0, 0.1) is 6.92 Å². The van der Waals surface area contributed by atoms with E-state index in [1.807, 2.05) is 31.2 Å². The minimum atomic E-state index is -0.923. The number of rotatable bonds is 7. The van der Waals surface area contributed by atoms with Crippen molar-refractivity contribution < 1.29 is 19.8 Å². The lowest BCUT2D eigenvalue weighted by molar-refractivity contribution is 0.0696. The second-order valence-corrected chi connectivity index (χ2v) is 7.95. The highest BCUT2D eigenvalue weighted by atomic mass is 32.2. The normalized spacial score (nSPS) is 10.7. The Kier molecular flexibility index (Phi) is 6.39. The number of aromatic hydroxyl groups is 1. The quantitative estimate of drug-likeness (QED) is 0.401. The molecule has 0 amide bonds. The van der Waals surface area contributed by atoms with Crippen LogP contribution in [0.2, 0.25) is 0 Å². The molecule has 0 heterocycles. The minimum absolute atomic E-state index is 0.0565. The van der Waals surface area contributed by atoms with E-state index in [4.69, 9.17) is 5.11 Å². The van der Waals surface area contributed by atoms with Crippen molar-refractivity contribution >= 4 is 23.5 Å².